The zero-order valence-electron chi connectivity index (χ0n) is 11.7. The van der Waals surface area contributed by atoms with Crippen LogP contribution in [0.25, 0.3) is 0 Å². The molecule has 1 aromatic heterocycles. The van der Waals surface area contributed by atoms with Crippen molar-refractivity contribution >= 4 is 18.3 Å². The molecule has 0 spiro atoms. The highest BCUT2D eigenvalue weighted by atomic mass is 35.5. The summed E-state index contributed by atoms with van der Waals surface area (Å²) in [5, 5.41) is 10.3. The first-order valence-corrected chi connectivity index (χ1v) is 5.95. The van der Waals surface area contributed by atoms with Crippen LogP contribution in [0.1, 0.15) is 42.9 Å². The van der Waals surface area contributed by atoms with Gasteiger partial charge in [0.1, 0.15) is 5.69 Å². The Kier molecular flexibility index (Phi) is 6.94. The average molecular weight is 275 g/mol. The summed E-state index contributed by atoms with van der Waals surface area (Å²) < 4.78 is 1.63. The van der Waals surface area contributed by atoms with Crippen molar-refractivity contribution in [2.24, 2.45) is 7.05 Å². The number of rotatable bonds is 5. The van der Waals surface area contributed by atoms with Crippen molar-refractivity contribution < 1.29 is 4.79 Å². The molecule has 0 aliphatic heterocycles. The number of hydrogen-bond acceptors (Lipinski definition) is 3. The molecular weight excluding hydrogens is 252 g/mol. The summed E-state index contributed by atoms with van der Waals surface area (Å²) in [6.45, 7) is 6.75. The number of nitrogens with one attached hydrogen (secondary N) is 2. The van der Waals surface area contributed by atoms with Gasteiger partial charge in [0, 0.05) is 19.6 Å². The Bertz CT molecular complexity index is 389. The second kappa shape index (κ2) is 7.38. The van der Waals surface area contributed by atoms with Crippen molar-refractivity contribution in [1.82, 2.24) is 20.4 Å². The quantitative estimate of drug-likeness (QED) is 0.851. The van der Waals surface area contributed by atoms with Gasteiger partial charge in [-0.2, -0.15) is 5.10 Å². The maximum atomic E-state index is 11.9. The molecule has 0 aliphatic carbocycles. The minimum atomic E-state index is -0.0750. The van der Waals surface area contributed by atoms with Gasteiger partial charge in [0.15, 0.2) is 0 Å². The molecule has 0 aliphatic rings. The molecule has 0 aromatic carbocycles. The highest BCUT2D eigenvalue weighted by Gasteiger charge is 2.14. The zero-order chi connectivity index (χ0) is 13.0. The van der Waals surface area contributed by atoms with Gasteiger partial charge in [0.05, 0.1) is 5.69 Å². The minimum absolute atomic E-state index is 0. The molecule has 6 heteroatoms. The minimum Gasteiger partial charge on any atom is -0.349 e. The van der Waals surface area contributed by atoms with Gasteiger partial charge in [-0.05, 0) is 26.0 Å². The van der Waals surface area contributed by atoms with Gasteiger partial charge in [0.2, 0.25) is 0 Å². The number of likely N-dealkylation sites (N-methyl/N-ethyl adjacent to an activating group) is 1. The summed E-state index contributed by atoms with van der Waals surface area (Å²) in [6.07, 6.45) is 0. The fraction of sp³-hybridized carbons (Fsp3) is 0.667. The van der Waals surface area contributed by atoms with Crippen LogP contribution >= 0.6 is 12.4 Å². The van der Waals surface area contributed by atoms with Crippen molar-refractivity contribution in [3.63, 3.8) is 0 Å². The van der Waals surface area contributed by atoms with E-state index >= 15 is 0 Å². The first kappa shape index (κ1) is 16.9. The molecule has 5 nitrogen and oxygen atoms in total. The van der Waals surface area contributed by atoms with Crippen LogP contribution in [0.2, 0.25) is 0 Å². The fourth-order valence-corrected chi connectivity index (χ4v) is 1.42. The van der Waals surface area contributed by atoms with Crippen molar-refractivity contribution in [3.8, 4) is 0 Å². The van der Waals surface area contributed by atoms with E-state index in [0.717, 1.165) is 5.69 Å². The van der Waals surface area contributed by atoms with Gasteiger partial charge >= 0.3 is 0 Å². The van der Waals surface area contributed by atoms with E-state index < -0.39 is 0 Å². The monoisotopic (exact) mass is 274 g/mol. The number of carbonyl (C=O) groups is 1. The standard InChI is InChI=1S/C12H22N4O.ClH/c1-8(2)10-6-11(16(5)15-10)12(17)14-7-9(3)13-4;/h6,8-9,13H,7H2,1-5H3,(H,14,17);1H. The summed E-state index contributed by atoms with van der Waals surface area (Å²) in [6, 6.07) is 2.11. The predicted octanol–water partition coefficient (Wildman–Crippen LogP) is 1.30. The number of hydrogen-bond donors (Lipinski definition) is 2. The van der Waals surface area contributed by atoms with E-state index in [1.807, 2.05) is 20.0 Å². The van der Waals surface area contributed by atoms with Crippen LogP contribution < -0.4 is 10.6 Å². The summed E-state index contributed by atoms with van der Waals surface area (Å²) in [7, 11) is 3.67. The van der Waals surface area contributed by atoms with Crippen molar-refractivity contribution in [2.75, 3.05) is 13.6 Å². The predicted molar refractivity (Wildman–Crippen MR) is 75.4 cm³/mol. The lowest BCUT2D eigenvalue weighted by atomic mass is 10.1. The highest BCUT2D eigenvalue weighted by Crippen LogP contribution is 2.13. The molecule has 0 radical (unpaired) electrons. The largest absolute Gasteiger partial charge is 0.349 e. The second-order valence-electron chi connectivity index (χ2n) is 4.63. The van der Waals surface area contributed by atoms with Crippen LogP contribution in [0.3, 0.4) is 0 Å². The third kappa shape index (κ3) is 4.31. The Hall–Kier alpha value is -1.07. The van der Waals surface area contributed by atoms with Gasteiger partial charge in [-0.1, -0.05) is 13.8 Å². The third-order valence-corrected chi connectivity index (χ3v) is 2.78. The SMILES string of the molecule is CNC(C)CNC(=O)c1cc(C(C)C)nn1C.Cl. The van der Waals surface area contributed by atoms with Gasteiger partial charge in [-0.3, -0.25) is 9.48 Å². The van der Waals surface area contributed by atoms with E-state index in [-0.39, 0.29) is 24.4 Å². The normalized spacial score (nSPS) is 12.1. The molecule has 0 saturated heterocycles. The van der Waals surface area contributed by atoms with Crippen molar-refractivity contribution in [3.05, 3.63) is 17.5 Å². The molecule has 104 valence electrons. The van der Waals surface area contributed by atoms with E-state index in [4.69, 9.17) is 0 Å². The molecule has 18 heavy (non-hydrogen) atoms. The van der Waals surface area contributed by atoms with Crippen LogP contribution in [-0.4, -0.2) is 35.3 Å². The molecule has 1 unspecified atom stereocenters. The van der Waals surface area contributed by atoms with Gasteiger partial charge < -0.3 is 10.6 Å². The van der Waals surface area contributed by atoms with E-state index in [2.05, 4.69) is 29.6 Å². The van der Waals surface area contributed by atoms with Crippen LogP contribution in [0.5, 0.6) is 0 Å². The molecular formula is C12H23ClN4O. The molecule has 1 atom stereocenters. The first-order valence-electron chi connectivity index (χ1n) is 5.95. The Morgan fingerprint density at radius 1 is 1.44 bits per heavy atom. The second-order valence-corrected chi connectivity index (χ2v) is 4.63. The van der Waals surface area contributed by atoms with Gasteiger partial charge in [0.25, 0.3) is 5.91 Å². The summed E-state index contributed by atoms with van der Waals surface area (Å²) in [5.74, 6) is 0.257. The zero-order valence-corrected chi connectivity index (χ0v) is 12.5. The van der Waals surface area contributed by atoms with E-state index in [1.165, 1.54) is 0 Å². The van der Waals surface area contributed by atoms with E-state index in [0.29, 0.717) is 18.2 Å². The number of carbonyl (C=O) groups excluding carboxylic acids is 1. The number of aromatic nitrogens is 2. The van der Waals surface area contributed by atoms with Gasteiger partial charge in [-0.15, -0.1) is 12.4 Å². The Morgan fingerprint density at radius 3 is 2.50 bits per heavy atom. The molecule has 2 N–H and O–H groups in total. The molecule has 0 saturated carbocycles. The van der Waals surface area contributed by atoms with Crippen LogP contribution in [0.15, 0.2) is 6.07 Å². The summed E-state index contributed by atoms with van der Waals surface area (Å²) in [5.41, 5.74) is 1.55. The molecule has 0 fully saturated rings. The lowest BCUT2D eigenvalue weighted by molar-refractivity contribution is 0.0941. The van der Waals surface area contributed by atoms with Crippen LogP contribution in [0.4, 0.5) is 0 Å². The number of amides is 1. The lowest BCUT2D eigenvalue weighted by Gasteiger charge is -2.11. The first-order chi connectivity index (χ1) is 7.95. The summed E-state index contributed by atoms with van der Waals surface area (Å²) in [4.78, 5) is 11.9. The topological polar surface area (TPSA) is 58.9 Å². The van der Waals surface area contributed by atoms with Crippen LogP contribution in [0, 0.1) is 0 Å². The lowest BCUT2D eigenvalue weighted by Crippen LogP contribution is -2.37. The van der Waals surface area contributed by atoms with E-state index in [1.54, 1.807) is 11.7 Å². The highest BCUT2D eigenvalue weighted by molar-refractivity contribution is 5.92. The molecule has 1 heterocycles. The number of aryl methyl sites for hydroxylation is 1. The maximum Gasteiger partial charge on any atom is 0.269 e. The fourth-order valence-electron chi connectivity index (χ4n) is 1.42. The third-order valence-electron chi connectivity index (χ3n) is 2.78. The number of halogens is 1. The smallest absolute Gasteiger partial charge is 0.269 e. The number of nitrogens with zero attached hydrogens (tertiary/aromatic N) is 2. The Balaban J connectivity index is 0.00000289. The maximum absolute atomic E-state index is 11.9. The molecule has 0 bridgehead atoms. The summed E-state index contributed by atoms with van der Waals surface area (Å²) >= 11 is 0. The molecule has 1 aromatic rings. The van der Waals surface area contributed by atoms with E-state index in [9.17, 15) is 4.79 Å². The van der Waals surface area contributed by atoms with Gasteiger partial charge in [-0.25, -0.2) is 0 Å². The average Bonchev–Trinajstić information content (AvgIpc) is 2.68. The Morgan fingerprint density at radius 2 is 2.06 bits per heavy atom. The Labute approximate surface area is 115 Å². The molecule has 1 rings (SSSR count). The van der Waals surface area contributed by atoms with Crippen LogP contribution in [-0.2, 0) is 7.05 Å². The van der Waals surface area contributed by atoms with Crippen molar-refractivity contribution in [2.45, 2.75) is 32.7 Å². The van der Waals surface area contributed by atoms with Crippen molar-refractivity contribution in [1.29, 1.82) is 0 Å². The molecule has 1 amide bonds.